The predicted molar refractivity (Wildman–Crippen MR) is 94.1 cm³/mol. The Kier molecular flexibility index (Phi) is 6.24. The van der Waals surface area contributed by atoms with Crippen molar-refractivity contribution in [1.82, 2.24) is 5.32 Å². The molecular formula is C17H15F2IN2O2. The van der Waals surface area contributed by atoms with E-state index in [-0.39, 0.29) is 18.4 Å². The van der Waals surface area contributed by atoms with Crippen LogP contribution in [0.25, 0.3) is 0 Å². The van der Waals surface area contributed by atoms with E-state index in [1.165, 1.54) is 6.07 Å². The summed E-state index contributed by atoms with van der Waals surface area (Å²) >= 11 is 2.14. The number of amides is 2. The van der Waals surface area contributed by atoms with E-state index < -0.39 is 29.5 Å². The second kappa shape index (κ2) is 8.18. The number of nitrogens with one attached hydrogen (secondary N) is 1. The summed E-state index contributed by atoms with van der Waals surface area (Å²) in [6.45, 7) is 0. The molecule has 0 spiro atoms. The van der Waals surface area contributed by atoms with Crippen LogP contribution in [0.5, 0.6) is 0 Å². The van der Waals surface area contributed by atoms with Crippen molar-refractivity contribution in [3.8, 4) is 0 Å². The molecule has 0 saturated heterocycles. The standard InChI is InChI=1S/C17H15F2IN2O2/c18-12-5-4-11(14(19)9-12)8-16(23)22-15(17(21)24)7-10-2-1-3-13(20)6-10/h1-6,9,15H,7-8H2,(H2,21,24)(H,22,23)/t15-/m1/s1. The lowest BCUT2D eigenvalue weighted by Crippen LogP contribution is -2.46. The molecule has 2 aromatic rings. The molecule has 0 heterocycles. The van der Waals surface area contributed by atoms with Gasteiger partial charge >= 0.3 is 0 Å². The van der Waals surface area contributed by atoms with Crippen LogP contribution in [-0.2, 0) is 22.4 Å². The van der Waals surface area contributed by atoms with Crippen LogP contribution in [-0.4, -0.2) is 17.9 Å². The summed E-state index contributed by atoms with van der Waals surface area (Å²) in [5, 5.41) is 2.50. The topological polar surface area (TPSA) is 72.2 Å². The minimum atomic E-state index is -0.904. The van der Waals surface area contributed by atoms with Gasteiger partial charge in [0, 0.05) is 16.1 Å². The van der Waals surface area contributed by atoms with Gasteiger partial charge in [0.05, 0.1) is 6.42 Å². The maximum Gasteiger partial charge on any atom is 0.240 e. The predicted octanol–water partition coefficient (Wildman–Crippen LogP) is 2.32. The van der Waals surface area contributed by atoms with Crippen LogP contribution in [0.15, 0.2) is 42.5 Å². The Hall–Kier alpha value is -2.03. The van der Waals surface area contributed by atoms with E-state index in [9.17, 15) is 18.4 Å². The van der Waals surface area contributed by atoms with Crippen LogP contribution in [0.4, 0.5) is 8.78 Å². The van der Waals surface area contributed by atoms with Crippen molar-refractivity contribution >= 4 is 34.4 Å². The lowest BCUT2D eigenvalue weighted by atomic mass is 10.0. The van der Waals surface area contributed by atoms with Crippen LogP contribution < -0.4 is 11.1 Å². The van der Waals surface area contributed by atoms with Crippen molar-refractivity contribution in [2.75, 3.05) is 0 Å². The zero-order chi connectivity index (χ0) is 17.7. The van der Waals surface area contributed by atoms with Crippen molar-refractivity contribution in [2.45, 2.75) is 18.9 Å². The normalized spacial score (nSPS) is 11.8. The first-order valence-corrected chi connectivity index (χ1v) is 8.20. The Bertz CT molecular complexity index is 768. The van der Waals surface area contributed by atoms with Gasteiger partial charge in [0.15, 0.2) is 0 Å². The summed E-state index contributed by atoms with van der Waals surface area (Å²) in [6, 6.07) is 9.52. The second-order valence-corrected chi connectivity index (χ2v) is 6.51. The number of halogens is 3. The maximum atomic E-state index is 13.6. The lowest BCUT2D eigenvalue weighted by molar-refractivity contribution is -0.127. The van der Waals surface area contributed by atoms with Gasteiger partial charge in [-0.15, -0.1) is 0 Å². The number of hydrogen-bond donors (Lipinski definition) is 2. The monoisotopic (exact) mass is 444 g/mol. The van der Waals surface area contributed by atoms with Gasteiger partial charge in [-0.2, -0.15) is 0 Å². The van der Waals surface area contributed by atoms with Gasteiger partial charge in [0.1, 0.15) is 17.7 Å². The molecular weight excluding hydrogens is 429 g/mol. The lowest BCUT2D eigenvalue weighted by Gasteiger charge is -2.16. The maximum absolute atomic E-state index is 13.6. The molecule has 0 fully saturated rings. The molecule has 2 amide bonds. The molecule has 3 N–H and O–H groups in total. The molecule has 1 atom stereocenters. The summed E-state index contributed by atoms with van der Waals surface area (Å²) in [5.41, 5.74) is 6.23. The zero-order valence-electron chi connectivity index (χ0n) is 12.6. The molecule has 24 heavy (non-hydrogen) atoms. The molecule has 126 valence electrons. The van der Waals surface area contributed by atoms with Crippen LogP contribution in [0.3, 0.4) is 0 Å². The summed E-state index contributed by atoms with van der Waals surface area (Å²) in [6.07, 6.45) is -0.0635. The molecule has 0 aromatic heterocycles. The third-order valence-electron chi connectivity index (χ3n) is 3.37. The summed E-state index contributed by atoms with van der Waals surface area (Å²) in [5.74, 6) is -2.76. The highest BCUT2D eigenvalue weighted by molar-refractivity contribution is 14.1. The minimum Gasteiger partial charge on any atom is -0.368 e. The van der Waals surface area contributed by atoms with Crippen molar-refractivity contribution in [2.24, 2.45) is 5.73 Å². The molecule has 7 heteroatoms. The van der Waals surface area contributed by atoms with E-state index in [1.54, 1.807) is 0 Å². The Balaban J connectivity index is 2.04. The van der Waals surface area contributed by atoms with E-state index in [0.29, 0.717) is 6.07 Å². The fourth-order valence-corrected chi connectivity index (χ4v) is 2.81. The van der Waals surface area contributed by atoms with Crippen molar-refractivity contribution in [3.05, 3.63) is 68.8 Å². The van der Waals surface area contributed by atoms with Crippen molar-refractivity contribution < 1.29 is 18.4 Å². The van der Waals surface area contributed by atoms with Crippen LogP contribution in [0.2, 0.25) is 0 Å². The first-order chi connectivity index (χ1) is 11.3. The number of hydrogen-bond acceptors (Lipinski definition) is 2. The molecule has 0 unspecified atom stereocenters. The Morgan fingerprint density at radius 1 is 1.17 bits per heavy atom. The SMILES string of the molecule is NC(=O)[C@@H](Cc1cccc(I)c1)NC(=O)Cc1ccc(F)cc1F. The van der Waals surface area contributed by atoms with Crippen LogP contribution >= 0.6 is 22.6 Å². The molecule has 0 aliphatic rings. The number of carbonyl (C=O) groups is 2. The fraction of sp³-hybridized carbons (Fsp3) is 0.176. The second-order valence-electron chi connectivity index (χ2n) is 5.27. The van der Waals surface area contributed by atoms with Gasteiger partial charge in [-0.05, 0) is 51.9 Å². The van der Waals surface area contributed by atoms with E-state index in [2.05, 4.69) is 27.9 Å². The van der Waals surface area contributed by atoms with Gasteiger partial charge in [0.25, 0.3) is 0 Å². The van der Waals surface area contributed by atoms with Crippen LogP contribution in [0, 0.1) is 15.2 Å². The average molecular weight is 444 g/mol. The van der Waals surface area contributed by atoms with Gasteiger partial charge in [-0.3, -0.25) is 9.59 Å². The van der Waals surface area contributed by atoms with Gasteiger partial charge < -0.3 is 11.1 Å². The highest BCUT2D eigenvalue weighted by atomic mass is 127. The summed E-state index contributed by atoms with van der Waals surface area (Å²) < 4.78 is 27.5. The van der Waals surface area contributed by atoms with Gasteiger partial charge in [-0.25, -0.2) is 8.78 Å². The van der Waals surface area contributed by atoms with Gasteiger partial charge in [0.2, 0.25) is 11.8 Å². The highest BCUT2D eigenvalue weighted by Gasteiger charge is 2.19. The third kappa shape index (κ3) is 5.26. The Morgan fingerprint density at radius 3 is 2.54 bits per heavy atom. The largest absolute Gasteiger partial charge is 0.368 e. The summed E-state index contributed by atoms with van der Waals surface area (Å²) in [7, 11) is 0. The molecule has 0 aliphatic carbocycles. The molecule has 0 bridgehead atoms. The number of nitrogens with two attached hydrogens (primary N) is 1. The van der Waals surface area contributed by atoms with Crippen molar-refractivity contribution in [3.63, 3.8) is 0 Å². The molecule has 0 saturated carbocycles. The third-order valence-corrected chi connectivity index (χ3v) is 4.04. The molecule has 4 nitrogen and oxygen atoms in total. The molecule has 2 rings (SSSR count). The first kappa shape index (κ1) is 18.3. The van der Waals surface area contributed by atoms with E-state index in [4.69, 9.17) is 5.73 Å². The molecule has 0 aliphatic heterocycles. The Labute approximate surface area is 151 Å². The smallest absolute Gasteiger partial charge is 0.240 e. The fourth-order valence-electron chi connectivity index (χ4n) is 2.21. The first-order valence-electron chi connectivity index (χ1n) is 7.12. The molecule has 0 radical (unpaired) electrons. The quantitative estimate of drug-likeness (QED) is 0.672. The minimum absolute atomic E-state index is 0.0476. The number of carbonyl (C=O) groups excluding carboxylic acids is 2. The number of rotatable bonds is 6. The van der Waals surface area contributed by atoms with E-state index in [1.807, 2.05) is 24.3 Å². The average Bonchev–Trinajstić information content (AvgIpc) is 2.49. The van der Waals surface area contributed by atoms with Crippen molar-refractivity contribution in [1.29, 1.82) is 0 Å². The summed E-state index contributed by atoms with van der Waals surface area (Å²) in [4.78, 5) is 23.6. The highest BCUT2D eigenvalue weighted by Crippen LogP contribution is 2.12. The number of benzene rings is 2. The molecule has 2 aromatic carbocycles. The van der Waals surface area contributed by atoms with E-state index >= 15 is 0 Å². The number of primary amides is 1. The van der Waals surface area contributed by atoms with Crippen LogP contribution in [0.1, 0.15) is 11.1 Å². The Morgan fingerprint density at radius 2 is 1.92 bits per heavy atom. The van der Waals surface area contributed by atoms with Gasteiger partial charge in [-0.1, -0.05) is 18.2 Å². The zero-order valence-corrected chi connectivity index (χ0v) is 14.7. The van der Waals surface area contributed by atoms with E-state index in [0.717, 1.165) is 15.2 Å².